The minimum atomic E-state index is 0.674. The van der Waals surface area contributed by atoms with E-state index in [-0.39, 0.29) is 0 Å². The SMILES string of the molecule is CCC1Cc2cc(CN(C)C)c(OC)cc2CN1C. The van der Waals surface area contributed by atoms with E-state index < -0.39 is 0 Å². The molecule has 0 aliphatic carbocycles. The Morgan fingerprint density at radius 3 is 2.63 bits per heavy atom. The molecule has 0 bridgehead atoms. The average molecular weight is 262 g/mol. The summed E-state index contributed by atoms with van der Waals surface area (Å²) in [7, 11) is 8.18. The summed E-state index contributed by atoms with van der Waals surface area (Å²) in [6.07, 6.45) is 2.37. The molecule has 3 nitrogen and oxygen atoms in total. The third-order valence-electron chi connectivity index (χ3n) is 4.06. The molecule has 0 saturated carbocycles. The van der Waals surface area contributed by atoms with Gasteiger partial charge in [0.2, 0.25) is 0 Å². The molecule has 19 heavy (non-hydrogen) atoms. The van der Waals surface area contributed by atoms with Crippen LogP contribution in [0.2, 0.25) is 0 Å². The second-order valence-electron chi connectivity index (χ2n) is 5.85. The molecule has 0 radical (unpaired) electrons. The van der Waals surface area contributed by atoms with Gasteiger partial charge in [-0.3, -0.25) is 4.90 Å². The van der Waals surface area contributed by atoms with Crippen LogP contribution in [0.5, 0.6) is 5.75 Å². The molecule has 0 spiro atoms. The Balaban J connectivity index is 2.35. The number of nitrogens with zero attached hydrogens (tertiary/aromatic N) is 2. The molecule has 0 aromatic heterocycles. The molecule has 0 amide bonds. The molecule has 1 aliphatic heterocycles. The smallest absolute Gasteiger partial charge is 0.123 e. The van der Waals surface area contributed by atoms with E-state index in [1.165, 1.54) is 23.1 Å². The fourth-order valence-electron chi connectivity index (χ4n) is 2.97. The van der Waals surface area contributed by atoms with Crippen LogP contribution in [-0.2, 0) is 19.5 Å². The first-order valence-corrected chi connectivity index (χ1v) is 7.08. The summed E-state index contributed by atoms with van der Waals surface area (Å²) >= 11 is 0. The Bertz CT molecular complexity index is 443. The second kappa shape index (κ2) is 5.93. The third kappa shape index (κ3) is 3.10. The van der Waals surface area contributed by atoms with Gasteiger partial charge in [-0.25, -0.2) is 0 Å². The lowest BCUT2D eigenvalue weighted by molar-refractivity contribution is 0.209. The van der Waals surface area contributed by atoms with E-state index in [2.05, 4.69) is 50.0 Å². The predicted molar refractivity (Wildman–Crippen MR) is 79.6 cm³/mol. The summed E-state index contributed by atoms with van der Waals surface area (Å²) in [6.45, 7) is 4.24. The van der Waals surface area contributed by atoms with Gasteiger partial charge in [-0.1, -0.05) is 13.0 Å². The van der Waals surface area contributed by atoms with Crippen molar-refractivity contribution in [3.63, 3.8) is 0 Å². The molecule has 1 heterocycles. The van der Waals surface area contributed by atoms with Crippen LogP contribution >= 0.6 is 0 Å². The van der Waals surface area contributed by atoms with E-state index >= 15 is 0 Å². The lowest BCUT2D eigenvalue weighted by Crippen LogP contribution is -2.37. The van der Waals surface area contributed by atoms with Gasteiger partial charge in [-0.15, -0.1) is 0 Å². The van der Waals surface area contributed by atoms with Crippen LogP contribution in [-0.4, -0.2) is 44.1 Å². The second-order valence-corrected chi connectivity index (χ2v) is 5.85. The van der Waals surface area contributed by atoms with E-state index in [1.54, 1.807) is 7.11 Å². The van der Waals surface area contributed by atoms with Gasteiger partial charge in [0, 0.05) is 24.7 Å². The van der Waals surface area contributed by atoms with Crippen molar-refractivity contribution >= 4 is 0 Å². The molecule has 106 valence electrons. The summed E-state index contributed by atoms with van der Waals surface area (Å²) in [6, 6.07) is 5.26. The molecule has 0 fully saturated rings. The Morgan fingerprint density at radius 1 is 1.32 bits per heavy atom. The molecule has 1 aromatic rings. The Labute approximate surface area is 117 Å². The first-order valence-electron chi connectivity index (χ1n) is 7.08. The van der Waals surface area contributed by atoms with Gasteiger partial charge in [-0.2, -0.15) is 0 Å². The topological polar surface area (TPSA) is 15.7 Å². The van der Waals surface area contributed by atoms with Crippen LogP contribution in [0.15, 0.2) is 12.1 Å². The van der Waals surface area contributed by atoms with Crippen LogP contribution in [0, 0.1) is 0 Å². The van der Waals surface area contributed by atoms with Crippen molar-refractivity contribution in [1.82, 2.24) is 9.80 Å². The molecule has 1 unspecified atom stereocenters. The Kier molecular flexibility index (Phi) is 4.48. The monoisotopic (exact) mass is 262 g/mol. The largest absolute Gasteiger partial charge is 0.496 e. The molecule has 1 atom stereocenters. The van der Waals surface area contributed by atoms with Crippen molar-refractivity contribution in [1.29, 1.82) is 0 Å². The van der Waals surface area contributed by atoms with Crippen molar-refractivity contribution < 1.29 is 4.74 Å². The molecule has 3 heteroatoms. The number of rotatable bonds is 4. The zero-order chi connectivity index (χ0) is 14.0. The number of fused-ring (bicyclic) bond motifs is 1. The summed E-state index contributed by atoms with van der Waals surface area (Å²) in [4.78, 5) is 4.64. The molecule has 0 N–H and O–H groups in total. The molecule has 1 aromatic carbocycles. The molecule has 1 aliphatic rings. The molecular formula is C16H26N2O. The van der Waals surface area contributed by atoms with Gasteiger partial charge < -0.3 is 9.64 Å². The van der Waals surface area contributed by atoms with Crippen LogP contribution in [0.4, 0.5) is 0 Å². The van der Waals surface area contributed by atoms with Crippen LogP contribution in [0.1, 0.15) is 30.0 Å². The number of hydrogen-bond acceptors (Lipinski definition) is 3. The Morgan fingerprint density at radius 2 is 2.05 bits per heavy atom. The highest BCUT2D eigenvalue weighted by atomic mass is 16.5. The number of hydrogen-bond donors (Lipinski definition) is 0. The first kappa shape index (κ1) is 14.4. The molecule has 0 saturated heterocycles. The number of benzene rings is 1. The standard InChI is InChI=1S/C16H26N2O/c1-6-15-8-12-7-14(10-17(2)3)16(19-5)9-13(12)11-18(15)4/h7,9,15H,6,8,10-11H2,1-5H3. The van der Waals surface area contributed by atoms with Crippen molar-refractivity contribution in [2.75, 3.05) is 28.3 Å². The summed E-state index contributed by atoms with van der Waals surface area (Å²) < 4.78 is 5.56. The van der Waals surface area contributed by atoms with Gasteiger partial charge in [-0.05, 0) is 51.2 Å². The maximum atomic E-state index is 5.56. The molecular weight excluding hydrogens is 236 g/mol. The van der Waals surface area contributed by atoms with Crippen LogP contribution in [0.3, 0.4) is 0 Å². The van der Waals surface area contributed by atoms with E-state index in [4.69, 9.17) is 4.74 Å². The van der Waals surface area contributed by atoms with Gasteiger partial charge in [0.05, 0.1) is 7.11 Å². The highest BCUT2D eigenvalue weighted by Gasteiger charge is 2.23. The number of ether oxygens (including phenoxy) is 1. The predicted octanol–water partition coefficient (Wildman–Crippen LogP) is 2.52. The van der Waals surface area contributed by atoms with Gasteiger partial charge in [0.15, 0.2) is 0 Å². The van der Waals surface area contributed by atoms with E-state index in [0.717, 1.165) is 25.3 Å². The van der Waals surface area contributed by atoms with E-state index in [9.17, 15) is 0 Å². The van der Waals surface area contributed by atoms with Gasteiger partial charge >= 0.3 is 0 Å². The quantitative estimate of drug-likeness (QED) is 0.829. The van der Waals surface area contributed by atoms with Crippen molar-refractivity contribution in [2.24, 2.45) is 0 Å². The minimum absolute atomic E-state index is 0.674. The normalized spacial score (nSPS) is 19.6. The third-order valence-corrected chi connectivity index (χ3v) is 4.06. The average Bonchev–Trinajstić information content (AvgIpc) is 2.37. The highest BCUT2D eigenvalue weighted by molar-refractivity contribution is 5.44. The lowest BCUT2D eigenvalue weighted by Gasteiger charge is -2.34. The summed E-state index contributed by atoms with van der Waals surface area (Å²) in [5.74, 6) is 1.02. The van der Waals surface area contributed by atoms with Crippen molar-refractivity contribution in [3.8, 4) is 5.75 Å². The molecule has 2 rings (SSSR count). The maximum absolute atomic E-state index is 5.56. The highest BCUT2D eigenvalue weighted by Crippen LogP contribution is 2.30. The van der Waals surface area contributed by atoms with E-state index in [0.29, 0.717) is 6.04 Å². The van der Waals surface area contributed by atoms with Crippen molar-refractivity contribution in [3.05, 3.63) is 28.8 Å². The number of methoxy groups -OCH3 is 1. The van der Waals surface area contributed by atoms with Gasteiger partial charge in [0.1, 0.15) is 5.75 Å². The zero-order valence-electron chi connectivity index (χ0n) is 12.9. The maximum Gasteiger partial charge on any atom is 0.123 e. The van der Waals surface area contributed by atoms with Gasteiger partial charge in [0.25, 0.3) is 0 Å². The fourth-order valence-corrected chi connectivity index (χ4v) is 2.97. The lowest BCUT2D eigenvalue weighted by atomic mass is 9.91. The minimum Gasteiger partial charge on any atom is -0.496 e. The number of likely N-dealkylation sites (N-methyl/N-ethyl adjacent to an activating group) is 1. The van der Waals surface area contributed by atoms with Crippen molar-refractivity contribution in [2.45, 2.75) is 38.9 Å². The summed E-state index contributed by atoms with van der Waals surface area (Å²) in [5.41, 5.74) is 4.22. The fraction of sp³-hybridized carbons (Fsp3) is 0.625. The van der Waals surface area contributed by atoms with Crippen LogP contribution < -0.4 is 4.74 Å². The van der Waals surface area contributed by atoms with E-state index in [1.807, 2.05) is 0 Å². The van der Waals surface area contributed by atoms with Crippen LogP contribution in [0.25, 0.3) is 0 Å². The Hall–Kier alpha value is -1.06. The summed E-state index contributed by atoms with van der Waals surface area (Å²) in [5, 5.41) is 0. The zero-order valence-corrected chi connectivity index (χ0v) is 12.9. The first-order chi connectivity index (χ1) is 9.05.